The summed E-state index contributed by atoms with van der Waals surface area (Å²) in [4.78, 5) is 8.99. The van der Waals surface area contributed by atoms with Gasteiger partial charge in [-0.2, -0.15) is 0 Å². The maximum absolute atomic E-state index is 6.20. The van der Waals surface area contributed by atoms with E-state index in [0.29, 0.717) is 5.02 Å². The van der Waals surface area contributed by atoms with Crippen LogP contribution >= 0.6 is 22.9 Å². The zero-order valence-corrected chi connectivity index (χ0v) is 11.9. The third kappa shape index (κ3) is 2.23. The van der Waals surface area contributed by atoms with Crippen molar-refractivity contribution in [2.75, 3.05) is 0 Å². The van der Waals surface area contributed by atoms with E-state index in [2.05, 4.69) is 9.97 Å². The molecule has 3 rings (SSSR count). The number of fused-ring (bicyclic) bond motifs is 1. The van der Waals surface area contributed by atoms with Crippen LogP contribution in [0.15, 0.2) is 35.8 Å². The Bertz CT molecular complexity index is 736. The topological polar surface area (TPSA) is 51.8 Å². The Balaban J connectivity index is 2.22. The summed E-state index contributed by atoms with van der Waals surface area (Å²) in [7, 11) is 0. The molecule has 0 aliphatic carbocycles. The van der Waals surface area contributed by atoms with E-state index >= 15 is 0 Å². The number of rotatable bonds is 2. The van der Waals surface area contributed by atoms with Gasteiger partial charge in [0.25, 0.3) is 0 Å². The molecule has 0 aliphatic heterocycles. The van der Waals surface area contributed by atoms with Crippen LogP contribution in [0.5, 0.6) is 0 Å². The first-order valence-electron chi connectivity index (χ1n) is 5.91. The first-order chi connectivity index (χ1) is 9.16. The number of nitrogens with zero attached hydrogens (tertiary/aromatic N) is 2. The SMILES string of the molecule is CC(N)c1csc(-c2ccc(Cl)c3cccnc23)n1. The zero-order chi connectivity index (χ0) is 13.4. The second kappa shape index (κ2) is 4.89. The van der Waals surface area contributed by atoms with Gasteiger partial charge in [0.1, 0.15) is 5.01 Å². The van der Waals surface area contributed by atoms with Crippen molar-refractivity contribution < 1.29 is 0 Å². The highest BCUT2D eigenvalue weighted by molar-refractivity contribution is 7.13. The Morgan fingerprint density at radius 3 is 2.89 bits per heavy atom. The molecule has 0 radical (unpaired) electrons. The van der Waals surface area contributed by atoms with Crippen molar-refractivity contribution in [2.24, 2.45) is 5.73 Å². The average Bonchev–Trinajstić information content (AvgIpc) is 2.89. The molecule has 96 valence electrons. The van der Waals surface area contributed by atoms with E-state index in [1.54, 1.807) is 17.5 Å². The summed E-state index contributed by atoms with van der Waals surface area (Å²) in [6.07, 6.45) is 1.77. The van der Waals surface area contributed by atoms with Gasteiger partial charge in [-0.15, -0.1) is 11.3 Å². The zero-order valence-electron chi connectivity index (χ0n) is 10.3. The molecule has 0 spiro atoms. The molecule has 2 N–H and O–H groups in total. The van der Waals surface area contributed by atoms with E-state index in [4.69, 9.17) is 17.3 Å². The normalized spacial score (nSPS) is 12.8. The largest absolute Gasteiger partial charge is 0.323 e. The standard InChI is InChI=1S/C14H12ClN3S/c1-8(16)12-7-19-14(18-12)10-4-5-11(15)9-3-2-6-17-13(9)10/h2-8H,16H2,1H3. The molecular weight excluding hydrogens is 278 g/mol. The van der Waals surface area contributed by atoms with Gasteiger partial charge >= 0.3 is 0 Å². The van der Waals surface area contributed by atoms with Crippen LogP contribution in [-0.4, -0.2) is 9.97 Å². The Labute approximate surface area is 120 Å². The molecule has 3 nitrogen and oxygen atoms in total. The van der Waals surface area contributed by atoms with Gasteiger partial charge in [0, 0.05) is 28.6 Å². The second-order valence-electron chi connectivity index (χ2n) is 4.36. The number of pyridine rings is 1. The summed E-state index contributed by atoms with van der Waals surface area (Å²) in [5.74, 6) is 0. The highest BCUT2D eigenvalue weighted by Crippen LogP contribution is 2.33. The van der Waals surface area contributed by atoms with Gasteiger partial charge < -0.3 is 5.73 Å². The summed E-state index contributed by atoms with van der Waals surface area (Å²) in [5, 5.41) is 4.56. The van der Waals surface area contributed by atoms with Gasteiger partial charge in [-0.3, -0.25) is 4.98 Å². The summed E-state index contributed by atoms with van der Waals surface area (Å²) in [5.41, 5.74) is 8.62. The summed E-state index contributed by atoms with van der Waals surface area (Å²) >= 11 is 7.77. The van der Waals surface area contributed by atoms with Crippen LogP contribution in [0.2, 0.25) is 5.02 Å². The molecule has 0 amide bonds. The van der Waals surface area contributed by atoms with Crippen LogP contribution in [0, 0.1) is 0 Å². The van der Waals surface area contributed by atoms with Crippen molar-refractivity contribution in [3.05, 3.63) is 46.6 Å². The van der Waals surface area contributed by atoms with E-state index in [9.17, 15) is 0 Å². The van der Waals surface area contributed by atoms with Gasteiger partial charge in [-0.05, 0) is 31.2 Å². The van der Waals surface area contributed by atoms with Crippen molar-refractivity contribution in [3.63, 3.8) is 0 Å². The lowest BCUT2D eigenvalue weighted by Gasteiger charge is -2.04. The summed E-state index contributed by atoms with van der Waals surface area (Å²) < 4.78 is 0. The van der Waals surface area contributed by atoms with Crippen molar-refractivity contribution in [1.29, 1.82) is 0 Å². The molecule has 5 heteroatoms. The molecule has 2 heterocycles. The van der Waals surface area contributed by atoms with Crippen molar-refractivity contribution in [1.82, 2.24) is 9.97 Å². The van der Waals surface area contributed by atoms with E-state index < -0.39 is 0 Å². The van der Waals surface area contributed by atoms with Crippen LogP contribution in [0.1, 0.15) is 18.7 Å². The Morgan fingerprint density at radius 2 is 2.16 bits per heavy atom. The molecule has 1 atom stereocenters. The molecule has 0 saturated carbocycles. The van der Waals surface area contributed by atoms with Crippen LogP contribution in [0.3, 0.4) is 0 Å². The van der Waals surface area contributed by atoms with E-state index in [-0.39, 0.29) is 6.04 Å². The maximum atomic E-state index is 6.20. The minimum Gasteiger partial charge on any atom is -0.323 e. The smallest absolute Gasteiger partial charge is 0.125 e. The van der Waals surface area contributed by atoms with Gasteiger partial charge in [0.15, 0.2) is 0 Å². The lowest BCUT2D eigenvalue weighted by atomic mass is 10.1. The Kier molecular flexibility index (Phi) is 3.22. The lowest BCUT2D eigenvalue weighted by molar-refractivity contribution is 0.790. The molecule has 0 saturated heterocycles. The molecule has 0 bridgehead atoms. The maximum Gasteiger partial charge on any atom is 0.125 e. The molecule has 2 aromatic heterocycles. The first kappa shape index (κ1) is 12.5. The van der Waals surface area contributed by atoms with E-state index in [1.165, 1.54) is 0 Å². The summed E-state index contributed by atoms with van der Waals surface area (Å²) in [6, 6.07) is 7.63. The highest BCUT2D eigenvalue weighted by Gasteiger charge is 2.12. The molecular formula is C14H12ClN3S. The highest BCUT2D eigenvalue weighted by atomic mass is 35.5. The Hall–Kier alpha value is -1.49. The first-order valence-corrected chi connectivity index (χ1v) is 7.17. The third-order valence-electron chi connectivity index (χ3n) is 2.94. The number of hydrogen-bond donors (Lipinski definition) is 1. The fraction of sp³-hybridized carbons (Fsp3) is 0.143. The van der Waals surface area contributed by atoms with Crippen molar-refractivity contribution in [3.8, 4) is 10.6 Å². The number of nitrogens with two attached hydrogens (primary N) is 1. The Morgan fingerprint density at radius 1 is 1.32 bits per heavy atom. The fourth-order valence-electron chi connectivity index (χ4n) is 1.93. The molecule has 1 unspecified atom stereocenters. The van der Waals surface area contributed by atoms with Crippen molar-refractivity contribution in [2.45, 2.75) is 13.0 Å². The average molecular weight is 290 g/mol. The third-order valence-corrected chi connectivity index (χ3v) is 4.16. The van der Waals surface area contributed by atoms with Crippen LogP contribution in [0.25, 0.3) is 21.5 Å². The van der Waals surface area contributed by atoms with Crippen LogP contribution < -0.4 is 5.73 Å². The van der Waals surface area contributed by atoms with Crippen LogP contribution in [0.4, 0.5) is 0 Å². The van der Waals surface area contributed by atoms with Gasteiger partial charge in [0.05, 0.1) is 16.2 Å². The number of hydrogen-bond acceptors (Lipinski definition) is 4. The molecule has 19 heavy (non-hydrogen) atoms. The minimum absolute atomic E-state index is 0.0588. The molecule has 0 aliphatic rings. The minimum atomic E-state index is -0.0588. The van der Waals surface area contributed by atoms with Gasteiger partial charge in [-0.1, -0.05) is 11.6 Å². The quantitative estimate of drug-likeness (QED) is 0.775. The predicted molar refractivity (Wildman–Crippen MR) is 80.5 cm³/mol. The van der Waals surface area contributed by atoms with Crippen LogP contribution in [-0.2, 0) is 0 Å². The van der Waals surface area contributed by atoms with Crippen molar-refractivity contribution >= 4 is 33.8 Å². The molecule has 0 fully saturated rings. The van der Waals surface area contributed by atoms with E-state index in [0.717, 1.165) is 27.2 Å². The van der Waals surface area contributed by atoms with Gasteiger partial charge in [-0.25, -0.2) is 4.98 Å². The fourth-order valence-corrected chi connectivity index (χ4v) is 3.09. The van der Waals surface area contributed by atoms with Gasteiger partial charge in [0.2, 0.25) is 0 Å². The number of thiazole rings is 1. The number of benzene rings is 1. The number of halogens is 1. The second-order valence-corrected chi connectivity index (χ2v) is 5.63. The molecule has 3 aromatic rings. The molecule has 1 aromatic carbocycles. The monoisotopic (exact) mass is 289 g/mol. The number of aromatic nitrogens is 2. The summed E-state index contributed by atoms with van der Waals surface area (Å²) in [6.45, 7) is 1.93. The predicted octanol–water partition coefficient (Wildman–Crippen LogP) is 4.03. The van der Waals surface area contributed by atoms with E-state index in [1.807, 2.05) is 36.6 Å². The lowest BCUT2D eigenvalue weighted by Crippen LogP contribution is -2.04.